The van der Waals surface area contributed by atoms with E-state index >= 15 is 0 Å². The first kappa shape index (κ1) is 17.8. The molecule has 0 aliphatic carbocycles. The first-order valence-corrected chi connectivity index (χ1v) is 8.72. The highest BCUT2D eigenvalue weighted by Crippen LogP contribution is 2.17. The van der Waals surface area contributed by atoms with Gasteiger partial charge in [-0.3, -0.25) is 4.79 Å². The molecule has 1 unspecified atom stereocenters. The van der Waals surface area contributed by atoms with Gasteiger partial charge in [-0.15, -0.1) is 0 Å². The number of ether oxygens (including phenoxy) is 2. The summed E-state index contributed by atoms with van der Waals surface area (Å²) in [6.07, 6.45) is 3.59. The van der Waals surface area contributed by atoms with Gasteiger partial charge in [0.2, 0.25) is 0 Å². The van der Waals surface area contributed by atoms with Crippen LogP contribution >= 0.6 is 15.9 Å². The van der Waals surface area contributed by atoms with E-state index in [0.29, 0.717) is 5.75 Å². The van der Waals surface area contributed by atoms with Crippen LogP contribution in [0, 0.1) is 0 Å². The standard InChI is InChI=1S/C17H22BrNO4/c1-13(23-15-8-6-14(18)7-9-15)17(21)22-12-16(20)19-10-4-2-3-5-11-19/h6-9,13H,2-5,10-12H2,1H3. The Balaban J connectivity index is 1.76. The quantitative estimate of drug-likeness (QED) is 0.732. The number of rotatable bonds is 5. The lowest BCUT2D eigenvalue weighted by Gasteiger charge is -2.20. The molecule has 1 saturated heterocycles. The highest BCUT2D eigenvalue weighted by molar-refractivity contribution is 9.10. The van der Waals surface area contributed by atoms with E-state index in [1.54, 1.807) is 24.0 Å². The molecule has 0 aromatic heterocycles. The van der Waals surface area contributed by atoms with Crippen LogP contribution in [0.4, 0.5) is 0 Å². The fourth-order valence-electron chi connectivity index (χ4n) is 2.43. The van der Waals surface area contributed by atoms with Crippen molar-refractivity contribution in [2.75, 3.05) is 19.7 Å². The molecule has 1 fully saturated rings. The number of halogens is 1. The van der Waals surface area contributed by atoms with Crippen molar-refractivity contribution in [1.29, 1.82) is 0 Å². The predicted octanol–water partition coefficient (Wildman–Crippen LogP) is 3.16. The Hall–Kier alpha value is -1.56. The molecule has 1 heterocycles. The van der Waals surface area contributed by atoms with Gasteiger partial charge in [-0.2, -0.15) is 0 Å². The third-order valence-electron chi connectivity index (χ3n) is 3.76. The number of carbonyl (C=O) groups is 2. The second-order valence-corrected chi connectivity index (χ2v) is 6.53. The van der Waals surface area contributed by atoms with Crippen molar-refractivity contribution in [2.45, 2.75) is 38.7 Å². The summed E-state index contributed by atoms with van der Waals surface area (Å²) in [6.45, 7) is 2.90. The summed E-state index contributed by atoms with van der Waals surface area (Å²) in [5.41, 5.74) is 0. The van der Waals surface area contributed by atoms with E-state index < -0.39 is 12.1 Å². The maximum atomic E-state index is 12.1. The smallest absolute Gasteiger partial charge is 0.347 e. The highest BCUT2D eigenvalue weighted by Gasteiger charge is 2.21. The number of hydrogen-bond donors (Lipinski definition) is 0. The second-order valence-electron chi connectivity index (χ2n) is 5.62. The zero-order valence-corrected chi connectivity index (χ0v) is 14.9. The van der Waals surface area contributed by atoms with E-state index in [0.717, 1.165) is 43.2 Å². The van der Waals surface area contributed by atoms with E-state index in [9.17, 15) is 9.59 Å². The molecular formula is C17H22BrNO4. The van der Waals surface area contributed by atoms with Crippen LogP contribution in [0.15, 0.2) is 28.7 Å². The summed E-state index contributed by atoms with van der Waals surface area (Å²) < 4.78 is 11.5. The van der Waals surface area contributed by atoms with Gasteiger partial charge in [0.05, 0.1) is 0 Å². The van der Waals surface area contributed by atoms with Crippen molar-refractivity contribution in [3.05, 3.63) is 28.7 Å². The molecule has 23 heavy (non-hydrogen) atoms. The van der Waals surface area contributed by atoms with Gasteiger partial charge in [0.15, 0.2) is 12.7 Å². The van der Waals surface area contributed by atoms with Crippen molar-refractivity contribution in [3.63, 3.8) is 0 Å². The lowest BCUT2D eigenvalue weighted by atomic mass is 10.2. The Kier molecular flexibility index (Phi) is 6.89. The first-order valence-electron chi connectivity index (χ1n) is 7.93. The van der Waals surface area contributed by atoms with Gasteiger partial charge in [-0.25, -0.2) is 4.79 Å². The number of hydrogen-bond acceptors (Lipinski definition) is 4. The van der Waals surface area contributed by atoms with Gasteiger partial charge in [-0.05, 0) is 44.0 Å². The summed E-state index contributed by atoms with van der Waals surface area (Å²) in [4.78, 5) is 25.8. The highest BCUT2D eigenvalue weighted by atomic mass is 79.9. The number of nitrogens with zero attached hydrogens (tertiary/aromatic N) is 1. The van der Waals surface area contributed by atoms with E-state index in [4.69, 9.17) is 9.47 Å². The molecule has 1 aliphatic rings. The molecule has 0 saturated carbocycles. The van der Waals surface area contributed by atoms with Crippen LogP contribution in [0.25, 0.3) is 0 Å². The zero-order valence-electron chi connectivity index (χ0n) is 13.3. The molecule has 0 spiro atoms. The topological polar surface area (TPSA) is 55.8 Å². The lowest BCUT2D eigenvalue weighted by Crippen LogP contribution is -2.37. The van der Waals surface area contributed by atoms with Crippen molar-refractivity contribution in [1.82, 2.24) is 4.90 Å². The predicted molar refractivity (Wildman–Crippen MR) is 90.2 cm³/mol. The van der Waals surface area contributed by atoms with Crippen LogP contribution < -0.4 is 4.74 Å². The maximum absolute atomic E-state index is 12.1. The number of carbonyl (C=O) groups excluding carboxylic acids is 2. The third kappa shape index (κ3) is 5.86. The molecule has 5 nitrogen and oxygen atoms in total. The number of benzene rings is 1. The minimum atomic E-state index is -0.756. The summed E-state index contributed by atoms with van der Waals surface area (Å²) in [5.74, 6) is -0.0799. The van der Waals surface area contributed by atoms with Crippen molar-refractivity contribution in [2.24, 2.45) is 0 Å². The van der Waals surface area contributed by atoms with Gasteiger partial charge < -0.3 is 14.4 Å². The molecule has 1 aromatic rings. The van der Waals surface area contributed by atoms with E-state index in [2.05, 4.69) is 15.9 Å². The number of esters is 1. The van der Waals surface area contributed by atoms with Crippen LogP contribution in [0.1, 0.15) is 32.6 Å². The minimum absolute atomic E-state index is 0.129. The van der Waals surface area contributed by atoms with Crippen molar-refractivity contribution in [3.8, 4) is 5.75 Å². The zero-order chi connectivity index (χ0) is 16.7. The lowest BCUT2D eigenvalue weighted by molar-refractivity contribution is -0.157. The molecule has 126 valence electrons. The first-order chi connectivity index (χ1) is 11.1. The summed E-state index contributed by atoms with van der Waals surface area (Å²) in [6, 6.07) is 7.18. The molecule has 6 heteroatoms. The van der Waals surface area contributed by atoms with Gasteiger partial charge in [0, 0.05) is 17.6 Å². The minimum Gasteiger partial charge on any atom is -0.479 e. The fourth-order valence-corrected chi connectivity index (χ4v) is 2.69. The van der Waals surface area contributed by atoms with Gasteiger partial charge in [-0.1, -0.05) is 28.8 Å². The molecule has 1 aromatic carbocycles. The summed E-state index contributed by atoms with van der Waals surface area (Å²) in [7, 11) is 0. The molecule has 1 atom stereocenters. The Labute approximate surface area is 145 Å². The molecule has 0 bridgehead atoms. The van der Waals surface area contributed by atoms with Crippen LogP contribution in [-0.4, -0.2) is 42.6 Å². The largest absolute Gasteiger partial charge is 0.479 e. The molecular weight excluding hydrogens is 362 g/mol. The van der Waals surface area contributed by atoms with Crippen LogP contribution in [0.3, 0.4) is 0 Å². The van der Waals surface area contributed by atoms with E-state index in [1.165, 1.54) is 0 Å². The average Bonchev–Trinajstić information content (AvgIpc) is 2.83. The number of likely N-dealkylation sites (tertiary alicyclic amines) is 1. The summed E-state index contributed by atoms with van der Waals surface area (Å²) in [5, 5.41) is 0. The molecule has 0 N–H and O–H groups in total. The van der Waals surface area contributed by atoms with Gasteiger partial charge >= 0.3 is 5.97 Å². The van der Waals surface area contributed by atoms with Crippen LogP contribution in [0.5, 0.6) is 5.75 Å². The second kappa shape index (κ2) is 8.91. The summed E-state index contributed by atoms with van der Waals surface area (Å²) >= 11 is 3.34. The number of amides is 1. The third-order valence-corrected chi connectivity index (χ3v) is 4.28. The Bertz CT molecular complexity index is 524. The fraction of sp³-hybridized carbons (Fsp3) is 0.529. The monoisotopic (exact) mass is 383 g/mol. The average molecular weight is 384 g/mol. The van der Waals surface area contributed by atoms with E-state index in [1.807, 2.05) is 12.1 Å². The van der Waals surface area contributed by atoms with Crippen LogP contribution in [-0.2, 0) is 14.3 Å². The van der Waals surface area contributed by atoms with Crippen molar-refractivity contribution >= 4 is 27.8 Å². The Morgan fingerprint density at radius 3 is 2.35 bits per heavy atom. The Morgan fingerprint density at radius 2 is 1.74 bits per heavy atom. The van der Waals surface area contributed by atoms with E-state index in [-0.39, 0.29) is 12.5 Å². The normalized spacial score (nSPS) is 16.3. The molecule has 1 aliphatic heterocycles. The van der Waals surface area contributed by atoms with Crippen LogP contribution in [0.2, 0.25) is 0 Å². The molecule has 0 radical (unpaired) electrons. The molecule has 2 rings (SSSR count). The molecule has 1 amide bonds. The SMILES string of the molecule is CC(Oc1ccc(Br)cc1)C(=O)OCC(=O)N1CCCCCC1. The Morgan fingerprint density at radius 1 is 1.13 bits per heavy atom. The maximum Gasteiger partial charge on any atom is 0.347 e. The van der Waals surface area contributed by atoms with Gasteiger partial charge in [0.25, 0.3) is 5.91 Å². The van der Waals surface area contributed by atoms with Crippen molar-refractivity contribution < 1.29 is 19.1 Å². The van der Waals surface area contributed by atoms with Gasteiger partial charge in [0.1, 0.15) is 5.75 Å².